The Labute approximate surface area is 109 Å². The molecule has 0 amide bonds. The van der Waals surface area contributed by atoms with Crippen LogP contribution in [-0.2, 0) is 6.42 Å². The van der Waals surface area contributed by atoms with Gasteiger partial charge < -0.3 is 0 Å². The van der Waals surface area contributed by atoms with E-state index >= 15 is 0 Å². The van der Waals surface area contributed by atoms with Crippen LogP contribution in [-0.4, -0.2) is 9.78 Å². The van der Waals surface area contributed by atoms with Crippen LogP contribution < -0.4 is 0 Å². The van der Waals surface area contributed by atoms with E-state index < -0.39 is 0 Å². The van der Waals surface area contributed by atoms with E-state index in [4.69, 9.17) is 5.26 Å². The van der Waals surface area contributed by atoms with Crippen molar-refractivity contribution in [1.82, 2.24) is 9.78 Å². The zero-order chi connectivity index (χ0) is 12.4. The Kier molecular flexibility index (Phi) is 3.30. The van der Waals surface area contributed by atoms with Gasteiger partial charge in [-0.2, -0.15) is 10.4 Å². The minimum Gasteiger partial charge on any atom is -0.236 e. The first-order valence-electron chi connectivity index (χ1n) is 5.41. The van der Waals surface area contributed by atoms with Crippen LogP contribution in [0, 0.1) is 18.3 Å². The summed E-state index contributed by atoms with van der Waals surface area (Å²) in [6.07, 6.45) is 2.40. The zero-order valence-corrected chi connectivity index (χ0v) is 11.3. The first-order chi connectivity index (χ1) is 8.17. The van der Waals surface area contributed by atoms with Crippen molar-refractivity contribution in [3.8, 4) is 11.8 Å². The van der Waals surface area contributed by atoms with E-state index in [-0.39, 0.29) is 0 Å². The molecule has 0 fully saturated rings. The molecule has 0 aliphatic carbocycles. The van der Waals surface area contributed by atoms with Gasteiger partial charge in [-0.1, -0.05) is 28.9 Å². The second kappa shape index (κ2) is 4.72. The van der Waals surface area contributed by atoms with Crippen LogP contribution in [0.25, 0.3) is 5.69 Å². The Morgan fingerprint density at radius 2 is 2.24 bits per heavy atom. The lowest BCUT2D eigenvalue weighted by atomic mass is 10.2. The van der Waals surface area contributed by atoms with E-state index in [0.717, 1.165) is 22.3 Å². The van der Waals surface area contributed by atoms with Gasteiger partial charge in [0.2, 0.25) is 0 Å². The molecule has 0 radical (unpaired) electrons. The number of aryl methyl sites for hydroxylation is 1. The van der Waals surface area contributed by atoms with Crippen LogP contribution in [0.2, 0.25) is 0 Å². The Morgan fingerprint density at radius 3 is 2.82 bits per heavy atom. The molecule has 1 aromatic carbocycles. The summed E-state index contributed by atoms with van der Waals surface area (Å²) in [5.41, 5.74) is 3.74. The number of hydrogen-bond acceptors (Lipinski definition) is 2. The van der Waals surface area contributed by atoms with Crippen molar-refractivity contribution >= 4 is 15.9 Å². The minimum atomic E-state index is 0.643. The fourth-order valence-corrected chi connectivity index (χ4v) is 2.11. The predicted octanol–water partition coefficient (Wildman–Crippen LogP) is 3.38. The molecule has 4 heteroatoms. The molecule has 0 aliphatic rings. The highest BCUT2D eigenvalue weighted by molar-refractivity contribution is 9.10. The lowest BCUT2D eigenvalue weighted by Crippen LogP contribution is -2.02. The maximum absolute atomic E-state index is 9.00. The van der Waals surface area contributed by atoms with Gasteiger partial charge in [-0.25, -0.2) is 4.68 Å². The summed E-state index contributed by atoms with van der Waals surface area (Å²) in [7, 11) is 0. The second-order valence-corrected chi connectivity index (χ2v) is 4.67. The highest BCUT2D eigenvalue weighted by atomic mass is 79.9. The second-order valence-electron chi connectivity index (χ2n) is 3.82. The molecule has 0 bridgehead atoms. The van der Waals surface area contributed by atoms with Gasteiger partial charge in [0.15, 0.2) is 0 Å². The third kappa shape index (κ3) is 2.11. The predicted molar refractivity (Wildman–Crippen MR) is 70.1 cm³/mol. The lowest BCUT2D eigenvalue weighted by Gasteiger charge is -2.07. The van der Waals surface area contributed by atoms with E-state index in [2.05, 4.69) is 27.1 Å². The van der Waals surface area contributed by atoms with Crippen molar-refractivity contribution in [2.75, 3.05) is 0 Å². The van der Waals surface area contributed by atoms with Gasteiger partial charge in [-0.15, -0.1) is 0 Å². The van der Waals surface area contributed by atoms with Crippen LogP contribution in [0.3, 0.4) is 0 Å². The Morgan fingerprint density at radius 1 is 1.47 bits per heavy atom. The van der Waals surface area contributed by atoms with Crippen molar-refractivity contribution in [2.45, 2.75) is 20.3 Å². The summed E-state index contributed by atoms with van der Waals surface area (Å²) in [4.78, 5) is 0. The van der Waals surface area contributed by atoms with Crippen molar-refractivity contribution in [3.05, 3.63) is 45.7 Å². The molecule has 1 heterocycles. The Hall–Kier alpha value is -1.60. The van der Waals surface area contributed by atoms with Crippen LogP contribution in [0.15, 0.2) is 28.9 Å². The number of nitriles is 1. The molecule has 0 aliphatic heterocycles. The fraction of sp³-hybridized carbons (Fsp3) is 0.231. The van der Waals surface area contributed by atoms with Gasteiger partial charge in [-0.05, 0) is 31.0 Å². The number of nitrogens with zero attached hydrogens (tertiary/aromatic N) is 3. The molecule has 0 saturated heterocycles. The average molecular weight is 290 g/mol. The minimum absolute atomic E-state index is 0.643. The number of benzene rings is 1. The summed E-state index contributed by atoms with van der Waals surface area (Å²) >= 11 is 3.51. The number of halogens is 1. The lowest BCUT2D eigenvalue weighted by molar-refractivity contribution is 0.812. The average Bonchev–Trinajstić information content (AvgIpc) is 2.75. The maximum atomic E-state index is 9.00. The topological polar surface area (TPSA) is 41.6 Å². The highest BCUT2D eigenvalue weighted by Gasteiger charge is 2.10. The van der Waals surface area contributed by atoms with E-state index in [9.17, 15) is 0 Å². The molecule has 0 N–H and O–H groups in total. The molecule has 0 atom stereocenters. The van der Waals surface area contributed by atoms with Gasteiger partial charge in [0.25, 0.3) is 0 Å². The third-order valence-corrected chi connectivity index (χ3v) is 3.58. The van der Waals surface area contributed by atoms with Crippen LogP contribution in [0.1, 0.15) is 23.7 Å². The SMILES string of the molecule is CCc1c(C#N)cnn1-c1ccc(C)c(Br)c1. The summed E-state index contributed by atoms with van der Waals surface area (Å²) in [5, 5.41) is 13.3. The fourth-order valence-electron chi connectivity index (χ4n) is 1.74. The van der Waals surface area contributed by atoms with E-state index in [1.54, 1.807) is 6.20 Å². The molecule has 2 rings (SSSR count). The highest BCUT2D eigenvalue weighted by Crippen LogP contribution is 2.22. The maximum Gasteiger partial charge on any atom is 0.103 e. The number of hydrogen-bond donors (Lipinski definition) is 0. The summed E-state index contributed by atoms with van der Waals surface area (Å²) < 4.78 is 2.87. The van der Waals surface area contributed by atoms with Crippen molar-refractivity contribution < 1.29 is 0 Å². The van der Waals surface area contributed by atoms with Gasteiger partial charge in [0.1, 0.15) is 6.07 Å². The third-order valence-electron chi connectivity index (χ3n) is 2.72. The molecule has 2 aromatic rings. The largest absolute Gasteiger partial charge is 0.236 e. The number of rotatable bonds is 2. The summed E-state index contributed by atoms with van der Waals surface area (Å²) in [5.74, 6) is 0. The Bertz CT molecular complexity index is 593. The van der Waals surface area contributed by atoms with Gasteiger partial charge in [-0.3, -0.25) is 0 Å². The molecule has 17 heavy (non-hydrogen) atoms. The van der Waals surface area contributed by atoms with Crippen molar-refractivity contribution in [1.29, 1.82) is 5.26 Å². The molecular formula is C13H12BrN3. The van der Waals surface area contributed by atoms with Gasteiger partial charge in [0.05, 0.1) is 23.1 Å². The molecular weight excluding hydrogens is 278 g/mol. The molecule has 0 spiro atoms. The first kappa shape index (κ1) is 11.9. The van der Waals surface area contributed by atoms with Crippen LogP contribution in [0.5, 0.6) is 0 Å². The van der Waals surface area contributed by atoms with E-state index in [1.807, 2.05) is 36.7 Å². The van der Waals surface area contributed by atoms with E-state index in [1.165, 1.54) is 5.56 Å². The molecule has 86 valence electrons. The monoisotopic (exact) mass is 289 g/mol. The summed E-state index contributed by atoms with van der Waals surface area (Å²) in [6.45, 7) is 4.07. The van der Waals surface area contributed by atoms with Gasteiger partial charge >= 0.3 is 0 Å². The van der Waals surface area contributed by atoms with E-state index in [0.29, 0.717) is 5.56 Å². The van der Waals surface area contributed by atoms with Crippen LogP contribution in [0.4, 0.5) is 0 Å². The van der Waals surface area contributed by atoms with Crippen molar-refractivity contribution in [2.24, 2.45) is 0 Å². The molecule has 3 nitrogen and oxygen atoms in total. The Balaban J connectivity index is 2.57. The smallest absolute Gasteiger partial charge is 0.103 e. The standard InChI is InChI=1S/C13H12BrN3/c1-3-13-10(7-15)8-16-17(13)11-5-4-9(2)12(14)6-11/h4-6,8H,3H2,1-2H3. The summed E-state index contributed by atoms with van der Waals surface area (Å²) in [6, 6.07) is 8.23. The quantitative estimate of drug-likeness (QED) is 0.850. The van der Waals surface area contributed by atoms with Crippen LogP contribution >= 0.6 is 15.9 Å². The first-order valence-corrected chi connectivity index (χ1v) is 6.20. The zero-order valence-electron chi connectivity index (χ0n) is 9.74. The number of aromatic nitrogens is 2. The molecule has 0 saturated carbocycles. The molecule has 1 aromatic heterocycles. The molecule has 0 unspecified atom stereocenters. The normalized spacial score (nSPS) is 10.2. The van der Waals surface area contributed by atoms with Crippen molar-refractivity contribution in [3.63, 3.8) is 0 Å². The van der Waals surface area contributed by atoms with Gasteiger partial charge in [0, 0.05) is 4.47 Å².